The Bertz CT molecular complexity index is 219. The molecule has 4 nitrogen and oxygen atoms in total. The number of carbonyl (C=O) groups is 1. The number of hydrogen-bond donors (Lipinski definition) is 3. The number of carbonyl (C=O) groups excluding carboxylic acids is 1. The summed E-state index contributed by atoms with van der Waals surface area (Å²) in [7, 11) is 0. The van der Waals surface area contributed by atoms with Crippen LogP contribution in [0.4, 0.5) is 4.79 Å². The average Bonchev–Trinajstić information content (AvgIpc) is 2.73. The largest absolute Gasteiger partial charge is 0.352 e. The zero-order chi connectivity index (χ0) is 9.97. The van der Waals surface area contributed by atoms with Crippen LogP contribution in [0.2, 0.25) is 0 Å². The van der Waals surface area contributed by atoms with E-state index in [0.29, 0.717) is 12.6 Å². The van der Waals surface area contributed by atoms with Crippen LogP contribution in [0.15, 0.2) is 0 Å². The number of rotatable bonds is 4. The highest BCUT2D eigenvalue weighted by Gasteiger charge is 2.38. The lowest BCUT2D eigenvalue weighted by Gasteiger charge is -2.22. The maximum absolute atomic E-state index is 10.4. The molecule has 2 fully saturated rings. The first-order valence-electron chi connectivity index (χ1n) is 5.52. The molecule has 4 N–H and O–H groups in total. The van der Waals surface area contributed by atoms with Gasteiger partial charge in [-0.15, -0.1) is 0 Å². The van der Waals surface area contributed by atoms with Crippen molar-refractivity contribution in [1.29, 1.82) is 0 Å². The topological polar surface area (TPSA) is 67.2 Å². The van der Waals surface area contributed by atoms with E-state index in [4.69, 9.17) is 5.73 Å². The van der Waals surface area contributed by atoms with Crippen molar-refractivity contribution in [3.63, 3.8) is 0 Å². The Hall–Kier alpha value is -0.770. The number of fused-ring (bicyclic) bond motifs is 2. The minimum atomic E-state index is -0.431. The van der Waals surface area contributed by atoms with Gasteiger partial charge >= 0.3 is 6.03 Å². The molecule has 2 rings (SSSR count). The van der Waals surface area contributed by atoms with Crippen molar-refractivity contribution >= 4 is 6.03 Å². The van der Waals surface area contributed by atoms with E-state index in [1.54, 1.807) is 0 Å². The fourth-order valence-electron chi connectivity index (χ4n) is 2.94. The molecule has 0 spiro atoms. The first-order valence-corrected chi connectivity index (χ1v) is 5.52. The average molecular weight is 197 g/mol. The lowest BCUT2D eigenvalue weighted by atomic mass is 9.95. The molecule has 0 aromatic carbocycles. The van der Waals surface area contributed by atoms with Crippen LogP contribution in [0.25, 0.3) is 0 Å². The van der Waals surface area contributed by atoms with E-state index in [2.05, 4.69) is 10.6 Å². The Morgan fingerprint density at radius 3 is 2.71 bits per heavy atom. The molecule has 3 atom stereocenters. The summed E-state index contributed by atoms with van der Waals surface area (Å²) < 4.78 is 0. The minimum absolute atomic E-state index is 0.431. The van der Waals surface area contributed by atoms with Gasteiger partial charge in [0, 0.05) is 19.1 Å². The standard InChI is InChI=1S/C10H19N3O/c11-10(14)13-4-3-12-9-6-7-1-2-8(9)5-7/h7-9,12H,1-6H2,(H3,11,13,14). The molecule has 14 heavy (non-hydrogen) atoms. The van der Waals surface area contributed by atoms with Crippen molar-refractivity contribution in [3.8, 4) is 0 Å². The summed E-state index contributed by atoms with van der Waals surface area (Å²) in [5.41, 5.74) is 4.97. The molecule has 0 radical (unpaired) electrons. The van der Waals surface area contributed by atoms with Crippen LogP contribution in [0.1, 0.15) is 25.7 Å². The first-order chi connectivity index (χ1) is 6.75. The van der Waals surface area contributed by atoms with Crippen LogP contribution in [0.5, 0.6) is 0 Å². The molecule has 80 valence electrons. The van der Waals surface area contributed by atoms with E-state index in [1.807, 2.05) is 0 Å². The maximum Gasteiger partial charge on any atom is 0.312 e. The second kappa shape index (κ2) is 4.17. The molecule has 0 heterocycles. The van der Waals surface area contributed by atoms with E-state index in [9.17, 15) is 4.79 Å². The third-order valence-corrected chi connectivity index (χ3v) is 3.57. The van der Waals surface area contributed by atoms with E-state index < -0.39 is 6.03 Å². The van der Waals surface area contributed by atoms with Crippen molar-refractivity contribution in [2.45, 2.75) is 31.7 Å². The number of urea groups is 1. The fourth-order valence-corrected chi connectivity index (χ4v) is 2.94. The Balaban J connectivity index is 1.60. The van der Waals surface area contributed by atoms with Gasteiger partial charge in [0.15, 0.2) is 0 Å². The molecule has 2 aliphatic carbocycles. The van der Waals surface area contributed by atoms with E-state index >= 15 is 0 Å². The predicted octanol–water partition coefficient (Wildman–Crippen LogP) is 0.433. The van der Waals surface area contributed by atoms with E-state index in [0.717, 1.165) is 18.4 Å². The molecule has 4 heteroatoms. The van der Waals surface area contributed by atoms with Crippen LogP contribution in [0, 0.1) is 11.8 Å². The quantitative estimate of drug-likeness (QED) is 0.572. The van der Waals surface area contributed by atoms with Gasteiger partial charge in [0.2, 0.25) is 0 Å². The molecule has 2 saturated carbocycles. The zero-order valence-electron chi connectivity index (χ0n) is 8.46. The van der Waals surface area contributed by atoms with Crippen molar-refractivity contribution in [2.75, 3.05) is 13.1 Å². The first kappa shape index (κ1) is 9.77. The number of nitrogens with two attached hydrogens (primary N) is 1. The van der Waals surface area contributed by atoms with E-state index in [1.165, 1.54) is 25.7 Å². The smallest absolute Gasteiger partial charge is 0.312 e. The van der Waals surface area contributed by atoms with E-state index in [-0.39, 0.29) is 0 Å². The Morgan fingerprint density at radius 1 is 1.29 bits per heavy atom. The second-order valence-corrected chi connectivity index (χ2v) is 4.53. The summed E-state index contributed by atoms with van der Waals surface area (Å²) in [5, 5.41) is 6.09. The second-order valence-electron chi connectivity index (χ2n) is 4.53. The van der Waals surface area contributed by atoms with Crippen molar-refractivity contribution in [2.24, 2.45) is 17.6 Å². The van der Waals surface area contributed by atoms with Gasteiger partial charge in [0.1, 0.15) is 0 Å². The van der Waals surface area contributed by atoms with Gasteiger partial charge in [-0.25, -0.2) is 4.79 Å². The third-order valence-electron chi connectivity index (χ3n) is 3.57. The van der Waals surface area contributed by atoms with Crippen molar-refractivity contribution in [3.05, 3.63) is 0 Å². The molecular weight excluding hydrogens is 178 g/mol. The van der Waals surface area contributed by atoms with Crippen molar-refractivity contribution < 1.29 is 4.79 Å². The van der Waals surface area contributed by atoms with Gasteiger partial charge in [-0.3, -0.25) is 0 Å². The molecular formula is C10H19N3O. The lowest BCUT2D eigenvalue weighted by Crippen LogP contribution is -2.40. The summed E-state index contributed by atoms with van der Waals surface area (Å²) in [5.74, 6) is 1.87. The highest BCUT2D eigenvalue weighted by atomic mass is 16.2. The van der Waals surface area contributed by atoms with Gasteiger partial charge in [-0.2, -0.15) is 0 Å². The summed E-state index contributed by atoms with van der Waals surface area (Å²) in [4.78, 5) is 10.4. The summed E-state index contributed by atoms with van der Waals surface area (Å²) in [6.45, 7) is 1.49. The van der Waals surface area contributed by atoms with Gasteiger partial charge in [-0.05, 0) is 31.1 Å². The predicted molar refractivity (Wildman–Crippen MR) is 54.8 cm³/mol. The Morgan fingerprint density at radius 2 is 2.14 bits per heavy atom. The van der Waals surface area contributed by atoms with Crippen LogP contribution in [0.3, 0.4) is 0 Å². The summed E-state index contributed by atoms with van der Waals surface area (Å²) in [6.07, 6.45) is 5.58. The number of nitrogens with one attached hydrogen (secondary N) is 2. The SMILES string of the molecule is NC(=O)NCCNC1CC2CCC1C2. The Kier molecular flexibility index (Phi) is 2.91. The molecule has 0 aromatic heterocycles. The highest BCUT2D eigenvalue weighted by molar-refractivity contribution is 5.71. The molecule has 0 aliphatic heterocycles. The number of primary amides is 1. The highest BCUT2D eigenvalue weighted by Crippen LogP contribution is 2.44. The Labute approximate surface area is 84.6 Å². The van der Waals surface area contributed by atoms with Gasteiger partial charge in [-0.1, -0.05) is 6.42 Å². The molecule has 2 amide bonds. The monoisotopic (exact) mass is 197 g/mol. The van der Waals surface area contributed by atoms with Crippen LogP contribution < -0.4 is 16.4 Å². The normalized spacial score (nSPS) is 34.7. The molecule has 0 saturated heterocycles. The van der Waals surface area contributed by atoms with Crippen LogP contribution in [-0.2, 0) is 0 Å². The van der Waals surface area contributed by atoms with Crippen LogP contribution >= 0.6 is 0 Å². The maximum atomic E-state index is 10.4. The number of hydrogen-bond acceptors (Lipinski definition) is 2. The molecule has 3 unspecified atom stereocenters. The minimum Gasteiger partial charge on any atom is -0.352 e. The van der Waals surface area contributed by atoms with Gasteiger partial charge in [0.05, 0.1) is 0 Å². The third kappa shape index (κ3) is 2.18. The fraction of sp³-hybridized carbons (Fsp3) is 0.900. The van der Waals surface area contributed by atoms with Gasteiger partial charge in [0.25, 0.3) is 0 Å². The lowest BCUT2D eigenvalue weighted by molar-refractivity contribution is 0.248. The molecule has 0 aromatic rings. The molecule has 2 bridgehead atoms. The summed E-state index contributed by atoms with van der Waals surface area (Å²) >= 11 is 0. The van der Waals surface area contributed by atoms with Crippen LogP contribution in [-0.4, -0.2) is 25.2 Å². The number of amides is 2. The zero-order valence-corrected chi connectivity index (χ0v) is 8.46. The summed E-state index contributed by atoms with van der Waals surface area (Å²) in [6, 6.07) is 0.267. The van der Waals surface area contributed by atoms with Gasteiger partial charge < -0.3 is 16.4 Å². The molecule has 2 aliphatic rings. The van der Waals surface area contributed by atoms with Crippen molar-refractivity contribution in [1.82, 2.24) is 10.6 Å².